The first kappa shape index (κ1) is 22.7. The van der Waals surface area contributed by atoms with Gasteiger partial charge in [0.15, 0.2) is 12.5 Å². The van der Waals surface area contributed by atoms with Gasteiger partial charge in [0.25, 0.3) is 0 Å². The van der Waals surface area contributed by atoms with E-state index in [0.29, 0.717) is 0 Å². The molecular weight excluding hydrogens is 352 g/mol. The topological polar surface area (TPSA) is 178 Å². The Bertz CT molecular complexity index is 478. The smallest absolute Gasteiger partial charge is 0.218 e. The van der Waals surface area contributed by atoms with Crippen molar-refractivity contribution in [3.8, 4) is 0 Å². The average molecular weight is 380 g/mol. The predicted molar refractivity (Wildman–Crippen MR) is 86.4 cm³/mol. The highest BCUT2D eigenvalue weighted by Crippen LogP contribution is 2.23. The summed E-state index contributed by atoms with van der Waals surface area (Å²) in [6.45, 7) is 3.86. The number of amides is 2. The second-order valence-corrected chi connectivity index (χ2v) is 6.18. The minimum Gasteiger partial charge on any atom is -0.390 e. The van der Waals surface area contributed by atoms with Crippen molar-refractivity contribution in [1.29, 1.82) is 0 Å². The van der Waals surface area contributed by atoms with E-state index in [2.05, 4.69) is 10.6 Å². The summed E-state index contributed by atoms with van der Waals surface area (Å²) in [5.41, 5.74) is 0. The highest BCUT2D eigenvalue weighted by atomic mass is 16.7. The third-order valence-electron chi connectivity index (χ3n) is 3.97. The molecule has 1 aliphatic heterocycles. The minimum atomic E-state index is -1.69. The Kier molecular flexibility index (Phi) is 8.83. The Morgan fingerprint density at radius 1 is 1.08 bits per heavy atom. The Hall–Kier alpha value is -1.34. The molecule has 11 nitrogen and oxygen atoms in total. The molecule has 8 atom stereocenters. The van der Waals surface area contributed by atoms with E-state index in [1.807, 2.05) is 0 Å². The van der Waals surface area contributed by atoms with Crippen molar-refractivity contribution < 1.29 is 44.6 Å². The van der Waals surface area contributed by atoms with Crippen molar-refractivity contribution in [2.45, 2.75) is 76.3 Å². The van der Waals surface area contributed by atoms with E-state index < -0.39 is 61.0 Å². The number of nitrogens with one attached hydrogen (secondary N) is 2. The molecule has 1 aliphatic rings. The number of rotatable bonds is 8. The van der Waals surface area contributed by atoms with Gasteiger partial charge in [-0.25, -0.2) is 0 Å². The number of carbonyl (C=O) groups excluding carboxylic acids is 2. The fraction of sp³-hybridized carbons (Fsp3) is 0.867. The SMILES string of the molecule is CC[C@@H](O)C(O)[C@@H](NC(C)=O)OC1OC(CNC(C)=O)C(O)C(O)C1O. The van der Waals surface area contributed by atoms with E-state index in [1.54, 1.807) is 6.92 Å². The summed E-state index contributed by atoms with van der Waals surface area (Å²) in [4.78, 5) is 22.3. The van der Waals surface area contributed by atoms with Crippen molar-refractivity contribution in [2.24, 2.45) is 0 Å². The molecule has 0 aromatic carbocycles. The Balaban J connectivity index is 2.89. The molecule has 11 heteroatoms. The largest absolute Gasteiger partial charge is 0.390 e. The molecule has 0 radical (unpaired) electrons. The van der Waals surface area contributed by atoms with Crippen LogP contribution in [0, 0.1) is 0 Å². The molecule has 2 amide bonds. The number of carbonyl (C=O) groups is 2. The lowest BCUT2D eigenvalue weighted by Gasteiger charge is -2.42. The normalized spacial score (nSPS) is 32.4. The summed E-state index contributed by atoms with van der Waals surface area (Å²) in [5.74, 6) is -0.963. The van der Waals surface area contributed by atoms with Gasteiger partial charge in [-0.1, -0.05) is 6.92 Å². The third kappa shape index (κ3) is 6.13. The first-order chi connectivity index (χ1) is 12.1. The predicted octanol–water partition coefficient (Wildman–Crippen LogP) is -3.46. The number of ether oxygens (including phenoxy) is 2. The summed E-state index contributed by atoms with van der Waals surface area (Å²) >= 11 is 0. The molecule has 6 unspecified atom stereocenters. The van der Waals surface area contributed by atoms with Crippen LogP contribution < -0.4 is 10.6 Å². The van der Waals surface area contributed by atoms with E-state index >= 15 is 0 Å². The van der Waals surface area contributed by atoms with Crippen LogP contribution >= 0.6 is 0 Å². The van der Waals surface area contributed by atoms with Crippen molar-refractivity contribution in [1.82, 2.24) is 10.6 Å². The van der Waals surface area contributed by atoms with Gasteiger partial charge in [0.2, 0.25) is 11.8 Å². The number of aliphatic hydroxyl groups is 5. The van der Waals surface area contributed by atoms with Gasteiger partial charge < -0.3 is 45.6 Å². The zero-order valence-electron chi connectivity index (χ0n) is 14.9. The van der Waals surface area contributed by atoms with Gasteiger partial charge in [-0.2, -0.15) is 0 Å². The highest BCUT2D eigenvalue weighted by Gasteiger charge is 2.46. The van der Waals surface area contributed by atoms with E-state index in [1.165, 1.54) is 6.92 Å². The molecule has 0 aliphatic carbocycles. The maximum atomic E-state index is 11.3. The van der Waals surface area contributed by atoms with Crippen LogP contribution in [0.5, 0.6) is 0 Å². The van der Waals surface area contributed by atoms with E-state index in [0.717, 1.165) is 6.92 Å². The van der Waals surface area contributed by atoms with Gasteiger partial charge in [0, 0.05) is 20.4 Å². The van der Waals surface area contributed by atoms with E-state index in [4.69, 9.17) is 9.47 Å². The summed E-state index contributed by atoms with van der Waals surface area (Å²) in [6.07, 6.45) is -11.5. The molecule has 1 rings (SSSR count). The van der Waals surface area contributed by atoms with Crippen LogP contribution in [0.3, 0.4) is 0 Å². The zero-order chi connectivity index (χ0) is 20.0. The highest BCUT2D eigenvalue weighted by molar-refractivity contribution is 5.73. The summed E-state index contributed by atoms with van der Waals surface area (Å²) in [7, 11) is 0. The summed E-state index contributed by atoms with van der Waals surface area (Å²) in [5, 5.41) is 54.5. The molecule has 1 heterocycles. The van der Waals surface area contributed by atoms with Crippen molar-refractivity contribution >= 4 is 11.8 Å². The summed E-state index contributed by atoms with van der Waals surface area (Å²) < 4.78 is 10.7. The molecule has 1 saturated heterocycles. The molecule has 0 bridgehead atoms. The Morgan fingerprint density at radius 2 is 1.69 bits per heavy atom. The molecule has 0 spiro atoms. The van der Waals surface area contributed by atoms with Gasteiger partial charge in [0.1, 0.15) is 30.5 Å². The van der Waals surface area contributed by atoms with Gasteiger partial charge in [-0.15, -0.1) is 0 Å². The van der Waals surface area contributed by atoms with Crippen LogP contribution in [0.2, 0.25) is 0 Å². The molecule has 26 heavy (non-hydrogen) atoms. The number of aliphatic hydroxyl groups excluding tert-OH is 5. The van der Waals surface area contributed by atoms with Crippen LogP contribution in [0.25, 0.3) is 0 Å². The Labute approximate surface area is 150 Å². The van der Waals surface area contributed by atoms with Gasteiger partial charge in [-0.05, 0) is 6.42 Å². The zero-order valence-corrected chi connectivity index (χ0v) is 14.9. The molecular formula is C15H28N2O9. The molecule has 0 saturated carbocycles. The molecule has 0 aromatic heterocycles. The van der Waals surface area contributed by atoms with Crippen molar-refractivity contribution in [2.75, 3.05) is 6.54 Å². The monoisotopic (exact) mass is 380 g/mol. The van der Waals surface area contributed by atoms with E-state index in [-0.39, 0.29) is 13.0 Å². The maximum absolute atomic E-state index is 11.3. The standard InChI is InChI=1S/C15H28N2O9/c1-4-8(20)10(21)14(17-7(3)19)26-15-13(24)12(23)11(22)9(25-15)5-16-6(2)18/h8-15,20-24H,4-5H2,1-3H3,(H,16,18)(H,17,19)/t8-,9?,10?,11?,12?,13?,14+,15?/m1/s1. The quantitative estimate of drug-likeness (QED) is 0.211. The lowest BCUT2D eigenvalue weighted by molar-refractivity contribution is -0.316. The number of hydrogen-bond donors (Lipinski definition) is 7. The minimum absolute atomic E-state index is 0.162. The van der Waals surface area contributed by atoms with Crippen LogP contribution in [-0.2, 0) is 19.1 Å². The average Bonchev–Trinajstić information content (AvgIpc) is 2.58. The van der Waals surface area contributed by atoms with E-state index in [9.17, 15) is 35.1 Å². The van der Waals surface area contributed by atoms with Crippen LogP contribution in [0.4, 0.5) is 0 Å². The molecule has 152 valence electrons. The fourth-order valence-corrected chi connectivity index (χ4v) is 2.43. The lowest BCUT2D eigenvalue weighted by Crippen LogP contribution is -2.63. The summed E-state index contributed by atoms with van der Waals surface area (Å²) in [6, 6.07) is 0. The van der Waals surface area contributed by atoms with Gasteiger partial charge in [0.05, 0.1) is 6.10 Å². The number of hydrogen-bond acceptors (Lipinski definition) is 9. The molecule has 1 fully saturated rings. The van der Waals surface area contributed by atoms with Crippen molar-refractivity contribution in [3.63, 3.8) is 0 Å². The van der Waals surface area contributed by atoms with Crippen LogP contribution in [-0.4, -0.2) is 93.0 Å². The third-order valence-corrected chi connectivity index (χ3v) is 3.97. The maximum Gasteiger partial charge on any atom is 0.218 e. The van der Waals surface area contributed by atoms with Gasteiger partial charge in [-0.3, -0.25) is 9.59 Å². The molecule has 7 N–H and O–H groups in total. The molecule has 0 aromatic rings. The van der Waals surface area contributed by atoms with Gasteiger partial charge >= 0.3 is 0 Å². The second-order valence-electron chi connectivity index (χ2n) is 6.18. The fourth-order valence-electron chi connectivity index (χ4n) is 2.43. The van der Waals surface area contributed by atoms with Crippen LogP contribution in [0.15, 0.2) is 0 Å². The first-order valence-electron chi connectivity index (χ1n) is 8.31. The van der Waals surface area contributed by atoms with Crippen molar-refractivity contribution in [3.05, 3.63) is 0 Å². The Morgan fingerprint density at radius 3 is 2.19 bits per heavy atom. The lowest BCUT2D eigenvalue weighted by atomic mass is 9.98. The first-order valence-corrected chi connectivity index (χ1v) is 8.31. The second kappa shape index (κ2) is 10.1. The van der Waals surface area contributed by atoms with Crippen LogP contribution in [0.1, 0.15) is 27.2 Å².